The lowest BCUT2D eigenvalue weighted by molar-refractivity contribution is 1.07. The van der Waals surface area contributed by atoms with Gasteiger partial charge in [0.1, 0.15) is 0 Å². The van der Waals surface area contributed by atoms with E-state index in [9.17, 15) is 0 Å². The molecule has 0 spiro atoms. The number of aromatic nitrogens is 3. The fraction of sp³-hybridized carbons (Fsp3) is 0.0204. The summed E-state index contributed by atoms with van der Waals surface area (Å²) in [4.78, 5) is 3.53. The third-order valence-corrected chi connectivity index (χ3v) is 9.99. The first-order chi connectivity index (χ1) is 25.7. The van der Waals surface area contributed by atoms with E-state index in [1.807, 2.05) is 37.3 Å². The summed E-state index contributed by atoms with van der Waals surface area (Å²) >= 11 is 0. The number of nitrogens with one attached hydrogen (secondary N) is 1. The van der Waals surface area contributed by atoms with Gasteiger partial charge in [-0.25, -0.2) is 0 Å². The second-order valence-corrected chi connectivity index (χ2v) is 12.9. The van der Waals surface area contributed by atoms with Crippen LogP contribution in [0, 0.1) is 12.3 Å². The molecule has 1 N–H and O–H groups in total. The van der Waals surface area contributed by atoms with Crippen molar-refractivity contribution >= 4 is 66.7 Å². The molecule has 0 aliphatic carbocycles. The number of hydrogen-bond donors (Lipinski definition) is 1. The van der Waals surface area contributed by atoms with Gasteiger partial charge in [0.15, 0.2) is 0 Å². The van der Waals surface area contributed by atoms with E-state index in [1.165, 1.54) is 71.3 Å². The number of para-hydroxylation sites is 5. The molecule has 0 atom stereocenters. The van der Waals surface area contributed by atoms with Crippen molar-refractivity contribution in [3.8, 4) is 34.8 Å². The molecule has 7 aromatic carbocycles. The van der Waals surface area contributed by atoms with Crippen molar-refractivity contribution < 1.29 is 0 Å². The quantitative estimate of drug-likeness (QED) is 0.182. The van der Waals surface area contributed by atoms with Crippen molar-refractivity contribution in [3.05, 3.63) is 180 Å². The largest absolute Gasteiger partial charge is 0.355 e. The Kier molecular flexibility index (Phi) is 7.76. The van der Waals surface area contributed by atoms with Crippen molar-refractivity contribution in [2.75, 3.05) is 0 Å². The highest BCUT2D eigenvalue weighted by molar-refractivity contribution is 6.11. The molecule has 0 fully saturated rings. The predicted octanol–water partition coefficient (Wildman–Crippen LogP) is 10.9. The summed E-state index contributed by atoms with van der Waals surface area (Å²) in [6.07, 6.45) is 9.45. The number of aromatic amines is 1. The zero-order chi connectivity index (χ0) is 35.0. The molecule has 0 aliphatic rings. The van der Waals surface area contributed by atoms with Crippen LogP contribution in [0.15, 0.2) is 170 Å². The summed E-state index contributed by atoms with van der Waals surface area (Å²) in [7, 11) is 0. The molecule has 10 rings (SSSR count). The highest BCUT2D eigenvalue weighted by atomic mass is 15.0. The van der Waals surface area contributed by atoms with Gasteiger partial charge in [0.25, 0.3) is 0 Å². The molecule has 246 valence electrons. The molecular weight excluding hydrogens is 631 g/mol. The number of rotatable bonds is 3. The van der Waals surface area contributed by atoms with Crippen molar-refractivity contribution in [2.45, 2.75) is 6.92 Å². The van der Waals surface area contributed by atoms with Gasteiger partial charge < -0.3 is 14.1 Å². The van der Waals surface area contributed by atoms with Crippen molar-refractivity contribution in [1.82, 2.24) is 14.1 Å². The topological polar surface area (TPSA) is 25.6 Å². The highest BCUT2D eigenvalue weighted by Crippen LogP contribution is 2.36. The monoisotopic (exact) mass is 665 g/mol. The summed E-state index contributed by atoms with van der Waals surface area (Å²) in [5.74, 6) is 2.66. The standard InChI is InChI=1S/C30H20N2.C19H15N/c1-2-8-22(9-3-1)32-29-13-7-5-11-24(29)26-19-21(15-17-30(26)32)20-14-16-28-25(18-20)23-10-4-6-12-27(23)31-28;1-3-10-16-17-13-8-9-14-19(17)20(18(16)4-2)15-11-6-5-7-12-15/h1-19,31H;1,4-14H,2H3/b;16-10-,18-4+. The van der Waals surface area contributed by atoms with Crippen LogP contribution in [-0.2, 0) is 0 Å². The molecule has 3 nitrogen and oxygen atoms in total. The van der Waals surface area contributed by atoms with Crippen molar-refractivity contribution in [3.63, 3.8) is 0 Å². The van der Waals surface area contributed by atoms with Gasteiger partial charge >= 0.3 is 0 Å². The normalized spacial score (nSPS) is 12.2. The fourth-order valence-electron chi connectivity index (χ4n) is 7.69. The lowest BCUT2D eigenvalue weighted by atomic mass is 10.0. The summed E-state index contributed by atoms with van der Waals surface area (Å²) in [6, 6.07) is 60.1. The summed E-state index contributed by atoms with van der Waals surface area (Å²) < 4.78 is 4.61. The first-order valence-corrected chi connectivity index (χ1v) is 17.6. The van der Waals surface area contributed by atoms with Gasteiger partial charge in [-0.2, -0.15) is 0 Å². The number of hydrogen-bond acceptors (Lipinski definition) is 0. The number of benzene rings is 7. The van der Waals surface area contributed by atoms with Crippen LogP contribution in [0.25, 0.3) is 89.2 Å². The molecule has 0 bridgehead atoms. The van der Waals surface area contributed by atoms with E-state index in [1.54, 1.807) is 0 Å². The lowest BCUT2D eigenvalue weighted by Gasteiger charge is -2.08. The van der Waals surface area contributed by atoms with Crippen LogP contribution >= 0.6 is 0 Å². The summed E-state index contributed by atoms with van der Waals surface area (Å²) in [5, 5.41) is 8.52. The molecule has 3 aromatic heterocycles. The van der Waals surface area contributed by atoms with Gasteiger partial charge in [0, 0.05) is 54.6 Å². The Morgan fingerprint density at radius 1 is 0.481 bits per heavy atom. The average Bonchev–Trinajstić information content (AvgIpc) is 3.86. The third-order valence-electron chi connectivity index (χ3n) is 9.99. The number of H-pyrrole nitrogens is 1. The molecule has 3 heteroatoms. The minimum absolute atomic E-state index is 1.11. The average molecular weight is 666 g/mol. The molecule has 0 saturated heterocycles. The minimum atomic E-state index is 1.11. The van der Waals surface area contributed by atoms with E-state index in [4.69, 9.17) is 6.42 Å². The first-order valence-electron chi connectivity index (χ1n) is 17.6. The van der Waals surface area contributed by atoms with Crippen LogP contribution in [0.5, 0.6) is 0 Å². The number of nitrogens with zero attached hydrogens (tertiary/aromatic N) is 2. The molecule has 0 radical (unpaired) electrons. The molecule has 52 heavy (non-hydrogen) atoms. The Labute approximate surface area is 302 Å². The van der Waals surface area contributed by atoms with Gasteiger partial charge in [0.05, 0.1) is 21.9 Å². The maximum absolute atomic E-state index is 5.49. The van der Waals surface area contributed by atoms with Gasteiger partial charge in [-0.15, -0.1) is 6.42 Å². The van der Waals surface area contributed by atoms with Crippen LogP contribution < -0.4 is 10.6 Å². The van der Waals surface area contributed by atoms with Crippen LogP contribution in [0.4, 0.5) is 0 Å². The third kappa shape index (κ3) is 5.18. The highest BCUT2D eigenvalue weighted by Gasteiger charge is 2.14. The van der Waals surface area contributed by atoms with E-state index in [0.29, 0.717) is 0 Å². The van der Waals surface area contributed by atoms with Gasteiger partial charge in [0.2, 0.25) is 0 Å². The van der Waals surface area contributed by atoms with E-state index in [0.717, 1.165) is 16.3 Å². The van der Waals surface area contributed by atoms with E-state index >= 15 is 0 Å². The smallest absolute Gasteiger partial charge is 0.0541 e. The second kappa shape index (κ2) is 13.0. The van der Waals surface area contributed by atoms with Crippen LogP contribution in [0.2, 0.25) is 0 Å². The molecule has 0 saturated carbocycles. The van der Waals surface area contributed by atoms with E-state index in [-0.39, 0.29) is 0 Å². The van der Waals surface area contributed by atoms with Crippen molar-refractivity contribution in [1.29, 1.82) is 0 Å². The number of terminal acetylenes is 1. The number of fused-ring (bicyclic) bond motifs is 7. The van der Waals surface area contributed by atoms with Gasteiger partial charge in [-0.3, -0.25) is 0 Å². The summed E-state index contributed by atoms with van der Waals surface area (Å²) in [6.45, 7) is 2.04. The van der Waals surface area contributed by atoms with E-state index in [2.05, 4.69) is 172 Å². The van der Waals surface area contributed by atoms with Gasteiger partial charge in [-0.05, 0) is 90.9 Å². The van der Waals surface area contributed by atoms with Gasteiger partial charge in [-0.1, -0.05) is 115 Å². The van der Waals surface area contributed by atoms with Crippen LogP contribution in [-0.4, -0.2) is 14.1 Å². The Bertz CT molecular complexity index is 3080. The lowest BCUT2D eigenvalue weighted by Crippen LogP contribution is -2.27. The minimum Gasteiger partial charge on any atom is -0.355 e. The van der Waals surface area contributed by atoms with Crippen LogP contribution in [0.3, 0.4) is 0 Å². The van der Waals surface area contributed by atoms with Crippen molar-refractivity contribution in [2.24, 2.45) is 0 Å². The fourth-order valence-corrected chi connectivity index (χ4v) is 7.69. The Morgan fingerprint density at radius 2 is 1.00 bits per heavy atom. The Balaban J connectivity index is 0.000000155. The Morgan fingerprint density at radius 3 is 1.69 bits per heavy atom. The first kappa shape index (κ1) is 31.0. The molecule has 3 heterocycles. The molecule has 0 aliphatic heterocycles. The maximum Gasteiger partial charge on any atom is 0.0541 e. The molecular formula is C49H35N3. The SMILES string of the molecule is C#C/C=c1\c(=C/C)n(-c2ccccc2)c2ccccc12.c1ccc(-n2c3ccccc3c3cc(-c4ccc5[nH]c6ccccc6c5c4)ccc32)cc1. The zero-order valence-electron chi connectivity index (χ0n) is 28.8. The van der Waals surface area contributed by atoms with E-state index < -0.39 is 0 Å². The molecule has 0 amide bonds. The van der Waals surface area contributed by atoms with Crippen LogP contribution in [0.1, 0.15) is 6.92 Å². The maximum atomic E-state index is 5.49. The zero-order valence-corrected chi connectivity index (χ0v) is 28.8. The second-order valence-electron chi connectivity index (χ2n) is 12.9. The Hall–Kier alpha value is -7.02. The molecule has 0 unspecified atom stereocenters. The molecule has 10 aromatic rings. The summed E-state index contributed by atoms with van der Waals surface area (Å²) in [5.41, 5.74) is 10.8. The predicted molar refractivity (Wildman–Crippen MR) is 222 cm³/mol.